The Morgan fingerprint density at radius 2 is 1.57 bits per heavy atom. The molecular formula is C13H28S. The molecule has 0 amide bonds. The predicted molar refractivity (Wildman–Crippen MR) is 70.0 cm³/mol. The van der Waals surface area contributed by atoms with Crippen molar-refractivity contribution in [3.63, 3.8) is 0 Å². The second-order valence-electron chi connectivity index (χ2n) is 5.06. The third-order valence-electron chi connectivity index (χ3n) is 3.21. The molecule has 0 saturated heterocycles. The van der Waals surface area contributed by atoms with Crippen molar-refractivity contribution in [2.75, 3.05) is 6.26 Å². The molecule has 0 heterocycles. The van der Waals surface area contributed by atoms with Gasteiger partial charge in [-0.15, -0.1) is 0 Å². The van der Waals surface area contributed by atoms with E-state index >= 15 is 0 Å². The van der Waals surface area contributed by atoms with Gasteiger partial charge in [-0.2, -0.15) is 11.8 Å². The second-order valence-corrected chi connectivity index (χ2v) is 6.33. The molecule has 14 heavy (non-hydrogen) atoms. The van der Waals surface area contributed by atoms with Gasteiger partial charge in [0.1, 0.15) is 0 Å². The van der Waals surface area contributed by atoms with Crippen LogP contribution in [-0.4, -0.2) is 11.5 Å². The van der Waals surface area contributed by atoms with E-state index in [4.69, 9.17) is 0 Å². The van der Waals surface area contributed by atoms with Gasteiger partial charge in [0.2, 0.25) is 0 Å². The summed E-state index contributed by atoms with van der Waals surface area (Å²) in [6.07, 6.45) is 6.35. The van der Waals surface area contributed by atoms with Crippen LogP contribution in [0.4, 0.5) is 0 Å². The van der Waals surface area contributed by atoms with Crippen molar-refractivity contribution in [1.29, 1.82) is 0 Å². The van der Waals surface area contributed by atoms with E-state index in [9.17, 15) is 0 Å². The highest BCUT2D eigenvalue weighted by molar-refractivity contribution is 7.99. The lowest BCUT2D eigenvalue weighted by Gasteiger charge is -2.26. The SMILES string of the molecule is CCC(CC(C)C)C(C)CC(C)SC. The summed E-state index contributed by atoms with van der Waals surface area (Å²) in [6, 6.07) is 0. The normalized spacial score (nSPS) is 18.2. The van der Waals surface area contributed by atoms with Crippen LogP contribution in [0.25, 0.3) is 0 Å². The fourth-order valence-electron chi connectivity index (χ4n) is 2.22. The van der Waals surface area contributed by atoms with Gasteiger partial charge in [0, 0.05) is 5.25 Å². The molecule has 86 valence electrons. The third-order valence-corrected chi connectivity index (χ3v) is 4.21. The van der Waals surface area contributed by atoms with Gasteiger partial charge in [-0.1, -0.05) is 41.0 Å². The Morgan fingerprint density at radius 1 is 1.00 bits per heavy atom. The molecule has 0 N–H and O–H groups in total. The molecule has 0 aliphatic rings. The Hall–Kier alpha value is 0.350. The van der Waals surface area contributed by atoms with Crippen LogP contribution in [0.5, 0.6) is 0 Å². The fraction of sp³-hybridized carbons (Fsp3) is 1.00. The Bertz CT molecular complexity index is 131. The summed E-state index contributed by atoms with van der Waals surface area (Å²) in [4.78, 5) is 0. The molecule has 0 bridgehead atoms. The van der Waals surface area contributed by atoms with Crippen LogP contribution in [0.1, 0.15) is 53.9 Å². The topological polar surface area (TPSA) is 0 Å². The number of hydrogen-bond acceptors (Lipinski definition) is 1. The summed E-state index contributed by atoms with van der Waals surface area (Å²) in [5.41, 5.74) is 0. The summed E-state index contributed by atoms with van der Waals surface area (Å²) >= 11 is 2.00. The lowest BCUT2D eigenvalue weighted by atomic mass is 9.82. The third kappa shape index (κ3) is 5.95. The lowest BCUT2D eigenvalue weighted by Crippen LogP contribution is -2.16. The minimum atomic E-state index is 0.825. The van der Waals surface area contributed by atoms with Crippen LogP contribution in [-0.2, 0) is 0 Å². The van der Waals surface area contributed by atoms with E-state index in [0.717, 1.165) is 23.0 Å². The monoisotopic (exact) mass is 216 g/mol. The average molecular weight is 216 g/mol. The van der Waals surface area contributed by atoms with Gasteiger partial charge in [0.05, 0.1) is 0 Å². The summed E-state index contributed by atoms with van der Waals surface area (Å²) in [6.45, 7) is 11.8. The molecule has 3 unspecified atom stereocenters. The summed E-state index contributed by atoms with van der Waals surface area (Å²) in [5.74, 6) is 2.68. The zero-order chi connectivity index (χ0) is 11.1. The highest BCUT2D eigenvalue weighted by atomic mass is 32.2. The van der Waals surface area contributed by atoms with E-state index < -0.39 is 0 Å². The van der Waals surface area contributed by atoms with Crippen molar-refractivity contribution in [1.82, 2.24) is 0 Å². The van der Waals surface area contributed by atoms with Crippen molar-refractivity contribution < 1.29 is 0 Å². The summed E-state index contributed by atoms with van der Waals surface area (Å²) in [7, 11) is 0. The van der Waals surface area contributed by atoms with Gasteiger partial charge in [-0.05, 0) is 36.9 Å². The van der Waals surface area contributed by atoms with E-state index in [1.807, 2.05) is 11.8 Å². The highest BCUT2D eigenvalue weighted by Crippen LogP contribution is 2.29. The lowest BCUT2D eigenvalue weighted by molar-refractivity contribution is 0.277. The number of thioether (sulfide) groups is 1. The minimum absolute atomic E-state index is 0.825. The van der Waals surface area contributed by atoms with E-state index in [-0.39, 0.29) is 0 Å². The van der Waals surface area contributed by atoms with Crippen molar-refractivity contribution in [2.45, 2.75) is 59.1 Å². The quantitative estimate of drug-likeness (QED) is 0.587. The molecule has 0 rings (SSSR count). The van der Waals surface area contributed by atoms with Crippen molar-refractivity contribution >= 4 is 11.8 Å². The molecule has 3 atom stereocenters. The van der Waals surface area contributed by atoms with Crippen LogP contribution in [0.15, 0.2) is 0 Å². The van der Waals surface area contributed by atoms with Crippen LogP contribution in [0.3, 0.4) is 0 Å². The van der Waals surface area contributed by atoms with Crippen LogP contribution in [0.2, 0.25) is 0 Å². The van der Waals surface area contributed by atoms with Gasteiger partial charge in [-0.3, -0.25) is 0 Å². The van der Waals surface area contributed by atoms with Gasteiger partial charge in [0.15, 0.2) is 0 Å². The van der Waals surface area contributed by atoms with E-state index in [2.05, 4.69) is 40.9 Å². The van der Waals surface area contributed by atoms with Crippen molar-refractivity contribution in [2.24, 2.45) is 17.8 Å². The maximum atomic E-state index is 2.43. The molecule has 0 aliphatic carbocycles. The first-order valence-electron chi connectivity index (χ1n) is 6.04. The van der Waals surface area contributed by atoms with Gasteiger partial charge in [-0.25, -0.2) is 0 Å². The molecular weight excluding hydrogens is 188 g/mol. The Morgan fingerprint density at radius 3 is 1.93 bits per heavy atom. The molecule has 0 nitrogen and oxygen atoms in total. The molecule has 0 aromatic carbocycles. The summed E-state index contributed by atoms with van der Waals surface area (Å²) < 4.78 is 0. The Balaban J connectivity index is 3.96. The van der Waals surface area contributed by atoms with E-state index in [1.54, 1.807) is 0 Å². The first-order valence-corrected chi connectivity index (χ1v) is 7.32. The van der Waals surface area contributed by atoms with Gasteiger partial charge < -0.3 is 0 Å². The minimum Gasteiger partial charge on any atom is -0.162 e. The highest BCUT2D eigenvalue weighted by Gasteiger charge is 2.18. The molecule has 0 aromatic heterocycles. The van der Waals surface area contributed by atoms with Crippen LogP contribution < -0.4 is 0 Å². The zero-order valence-electron chi connectivity index (χ0n) is 10.8. The van der Waals surface area contributed by atoms with E-state index in [0.29, 0.717) is 0 Å². The largest absolute Gasteiger partial charge is 0.162 e. The number of hydrogen-bond donors (Lipinski definition) is 0. The maximum Gasteiger partial charge on any atom is 0.00185 e. The maximum absolute atomic E-state index is 2.43. The van der Waals surface area contributed by atoms with Gasteiger partial charge >= 0.3 is 0 Å². The number of rotatable bonds is 7. The standard InChI is InChI=1S/C13H28S/c1-7-13(8-10(2)3)11(4)9-12(5)14-6/h10-13H,7-9H2,1-6H3. The molecule has 0 aromatic rings. The predicted octanol–water partition coefficient (Wildman–Crippen LogP) is 4.84. The summed E-state index contributed by atoms with van der Waals surface area (Å²) in [5, 5.41) is 0.825. The molecule has 0 spiro atoms. The van der Waals surface area contributed by atoms with Gasteiger partial charge in [0.25, 0.3) is 0 Å². The second kappa shape index (κ2) is 7.62. The molecule has 0 radical (unpaired) electrons. The Labute approximate surface area is 95.2 Å². The van der Waals surface area contributed by atoms with Crippen molar-refractivity contribution in [3.05, 3.63) is 0 Å². The first kappa shape index (κ1) is 14.3. The first-order chi connectivity index (χ1) is 6.51. The molecule has 1 heteroatoms. The van der Waals surface area contributed by atoms with E-state index in [1.165, 1.54) is 19.3 Å². The van der Waals surface area contributed by atoms with Crippen molar-refractivity contribution in [3.8, 4) is 0 Å². The Kier molecular flexibility index (Phi) is 7.81. The van der Waals surface area contributed by atoms with Crippen LogP contribution in [0, 0.1) is 17.8 Å². The fourth-order valence-corrected chi connectivity index (χ4v) is 2.72. The molecule has 0 saturated carbocycles. The molecule has 0 aliphatic heterocycles. The van der Waals surface area contributed by atoms with Crippen LogP contribution >= 0.6 is 11.8 Å². The zero-order valence-corrected chi connectivity index (χ0v) is 11.7. The molecule has 0 fully saturated rings. The smallest absolute Gasteiger partial charge is 0.00185 e. The average Bonchev–Trinajstić information content (AvgIpc) is 2.13.